The number of benzene rings is 1. The van der Waals surface area contributed by atoms with Crippen LogP contribution in [0.4, 0.5) is 0 Å². The van der Waals surface area contributed by atoms with E-state index in [0.717, 1.165) is 11.8 Å². The molecule has 29 heavy (non-hydrogen) atoms. The van der Waals surface area contributed by atoms with Crippen LogP contribution < -0.4 is 4.72 Å². The van der Waals surface area contributed by atoms with Crippen molar-refractivity contribution in [2.24, 2.45) is 0 Å². The first-order valence-corrected chi connectivity index (χ1v) is 12.1. The van der Waals surface area contributed by atoms with Crippen molar-refractivity contribution in [3.63, 3.8) is 0 Å². The van der Waals surface area contributed by atoms with Gasteiger partial charge in [-0.1, -0.05) is 30.3 Å². The molecule has 2 aliphatic heterocycles. The molecule has 2 aliphatic rings. The molecule has 0 radical (unpaired) electrons. The third-order valence-corrected chi connectivity index (χ3v) is 7.30. The first-order valence-electron chi connectivity index (χ1n) is 10.2. The van der Waals surface area contributed by atoms with Crippen LogP contribution in [0.2, 0.25) is 0 Å². The van der Waals surface area contributed by atoms with Gasteiger partial charge in [0.1, 0.15) is 0 Å². The standard InChI is InChI=1S/C21H34N2O5S/c1-20-12-16(15-8-6-5-7-9-15)13-21(28-20,18(24)14-22-29(4,26)27)11-10-17(19(20)25)23(2)3/h5-9,16-19,22,24-25H,10-14H2,1-4H3/t16-,17-,18+,19+,20+,21+/m1/s1. The third kappa shape index (κ3) is 4.84. The topological polar surface area (TPSA) is 99.1 Å². The van der Waals surface area contributed by atoms with Gasteiger partial charge in [0.05, 0.1) is 29.7 Å². The molecular weight excluding hydrogens is 392 g/mol. The monoisotopic (exact) mass is 426 g/mol. The molecule has 0 aromatic heterocycles. The summed E-state index contributed by atoms with van der Waals surface area (Å²) in [5.41, 5.74) is -0.641. The molecule has 1 aromatic rings. The van der Waals surface area contributed by atoms with Crippen molar-refractivity contribution in [1.29, 1.82) is 0 Å². The van der Waals surface area contributed by atoms with Crippen LogP contribution in [-0.2, 0) is 14.8 Å². The van der Waals surface area contributed by atoms with Crippen molar-refractivity contribution in [2.45, 2.75) is 68.0 Å². The minimum Gasteiger partial charge on any atom is -0.389 e. The summed E-state index contributed by atoms with van der Waals surface area (Å²) >= 11 is 0. The number of aliphatic hydroxyl groups is 2. The smallest absolute Gasteiger partial charge is 0.208 e. The van der Waals surface area contributed by atoms with E-state index in [0.29, 0.717) is 25.7 Å². The molecule has 0 aliphatic carbocycles. The van der Waals surface area contributed by atoms with Crippen LogP contribution in [0.1, 0.15) is 44.1 Å². The molecule has 0 amide bonds. The molecule has 164 valence electrons. The Morgan fingerprint density at radius 1 is 1.28 bits per heavy atom. The van der Waals surface area contributed by atoms with E-state index in [2.05, 4.69) is 16.9 Å². The first kappa shape index (κ1) is 22.7. The van der Waals surface area contributed by atoms with Crippen LogP contribution in [0.25, 0.3) is 0 Å². The maximum atomic E-state index is 11.6. The normalized spacial score (nSPS) is 36.6. The van der Waals surface area contributed by atoms with Gasteiger partial charge in [0.15, 0.2) is 0 Å². The van der Waals surface area contributed by atoms with Crippen LogP contribution in [0.3, 0.4) is 0 Å². The van der Waals surface area contributed by atoms with Crippen LogP contribution >= 0.6 is 0 Å². The Morgan fingerprint density at radius 2 is 1.93 bits per heavy atom. The number of nitrogens with zero attached hydrogens (tertiary/aromatic N) is 1. The van der Waals surface area contributed by atoms with Crippen molar-refractivity contribution in [1.82, 2.24) is 9.62 Å². The van der Waals surface area contributed by atoms with Crippen molar-refractivity contribution in [3.05, 3.63) is 35.9 Å². The van der Waals surface area contributed by atoms with E-state index in [-0.39, 0.29) is 18.5 Å². The number of fused-ring (bicyclic) bond motifs is 2. The second-order valence-electron chi connectivity index (χ2n) is 9.15. The van der Waals surface area contributed by atoms with Crippen LogP contribution in [0.15, 0.2) is 30.3 Å². The lowest BCUT2D eigenvalue weighted by Gasteiger charge is -2.52. The number of likely N-dealkylation sites (N-methyl/N-ethyl adjacent to an activating group) is 1. The zero-order valence-corrected chi connectivity index (χ0v) is 18.5. The van der Waals surface area contributed by atoms with Gasteiger partial charge in [-0.05, 0) is 58.2 Å². The molecule has 0 spiro atoms. The summed E-state index contributed by atoms with van der Waals surface area (Å²) < 4.78 is 32.1. The minimum atomic E-state index is -3.44. The lowest BCUT2D eigenvalue weighted by atomic mass is 9.72. The quantitative estimate of drug-likeness (QED) is 0.629. The van der Waals surface area contributed by atoms with E-state index in [1.165, 1.54) is 0 Å². The molecule has 1 aromatic carbocycles. The molecule has 2 bridgehead atoms. The summed E-state index contributed by atoms with van der Waals surface area (Å²) in [5, 5.41) is 22.4. The average molecular weight is 427 g/mol. The number of aliphatic hydroxyl groups excluding tert-OH is 2. The molecule has 3 rings (SSSR count). The van der Waals surface area contributed by atoms with Crippen molar-refractivity contribution in [3.8, 4) is 0 Å². The highest BCUT2D eigenvalue weighted by Gasteiger charge is 2.57. The lowest BCUT2D eigenvalue weighted by molar-refractivity contribution is -0.250. The van der Waals surface area contributed by atoms with Crippen molar-refractivity contribution < 1.29 is 23.4 Å². The molecule has 2 fully saturated rings. The summed E-state index contributed by atoms with van der Waals surface area (Å²) in [6.07, 6.45) is 1.74. The van der Waals surface area contributed by atoms with Gasteiger partial charge in [0.2, 0.25) is 10.0 Å². The molecule has 8 heteroatoms. The van der Waals surface area contributed by atoms with Crippen molar-refractivity contribution >= 4 is 10.0 Å². The van der Waals surface area contributed by atoms with E-state index >= 15 is 0 Å². The Labute approximate surface area is 174 Å². The Balaban J connectivity index is 1.99. The number of nitrogens with one attached hydrogen (secondary N) is 1. The van der Waals surface area contributed by atoms with E-state index < -0.39 is 33.4 Å². The van der Waals surface area contributed by atoms with E-state index in [4.69, 9.17) is 4.74 Å². The molecule has 6 atom stereocenters. The SMILES string of the molecule is CN(C)[C@@H]1CC[C@@]2([C@@H](O)CNS(C)(=O)=O)C[C@H](c3ccccc3)C[C@](C)(O2)[C@H]1O. The summed E-state index contributed by atoms with van der Waals surface area (Å²) in [6.45, 7) is 1.80. The zero-order chi connectivity index (χ0) is 21.4. The van der Waals surface area contributed by atoms with E-state index in [1.54, 1.807) is 0 Å². The number of rotatable bonds is 6. The highest BCUT2D eigenvalue weighted by Crippen LogP contribution is 2.51. The average Bonchev–Trinajstić information content (AvgIpc) is 2.72. The van der Waals surface area contributed by atoms with Crippen LogP contribution in [0.5, 0.6) is 0 Å². The lowest BCUT2D eigenvalue weighted by Crippen LogP contribution is -2.61. The van der Waals surface area contributed by atoms with Gasteiger partial charge >= 0.3 is 0 Å². The number of hydrogen-bond acceptors (Lipinski definition) is 6. The predicted octanol–water partition coefficient (Wildman–Crippen LogP) is 1.07. The Morgan fingerprint density at radius 3 is 2.52 bits per heavy atom. The van der Waals surface area contributed by atoms with Gasteiger partial charge in [0.25, 0.3) is 0 Å². The highest BCUT2D eigenvalue weighted by atomic mass is 32.2. The highest BCUT2D eigenvalue weighted by molar-refractivity contribution is 7.88. The Hall–Kier alpha value is -1.03. The summed E-state index contributed by atoms with van der Waals surface area (Å²) in [7, 11) is 0.443. The summed E-state index contributed by atoms with van der Waals surface area (Å²) in [5.74, 6) is 0.0957. The van der Waals surface area contributed by atoms with Gasteiger partial charge in [-0.2, -0.15) is 0 Å². The third-order valence-electron chi connectivity index (χ3n) is 6.61. The van der Waals surface area contributed by atoms with Gasteiger partial charge in [-0.25, -0.2) is 13.1 Å². The van der Waals surface area contributed by atoms with Gasteiger partial charge in [0, 0.05) is 12.6 Å². The van der Waals surface area contributed by atoms with Crippen LogP contribution in [-0.4, -0.2) is 79.9 Å². The molecule has 2 heterocycles. The summed E-state index contributed by atoms with van der Waals surface area (Å²) in [6, 6.07) is 9.97. The molecule has 7 nitrogen and oxygen atoms in total. The molecule has 0 saturated carbocycles. The fraction of sp³-hybridized carbons (Fsp3) is 0.714. The molecule has 3 N–H and O–H groups in total. The van der Waals surface area contributed by atoms with Crippen LogP contribution in [0, 0.1) is 0 Å². The van der Waals surface area contributed by atoms with Crippen molar-refractivity contribution in [2.75, 3.05) is 26.9 Å². The molecule has 2 saturated heterocycles. The number of ether oxygens (including phenoxy) is 1. The zero-order valence-electron chi connectivity index (χ0n) is 17.7. The maximum absolute atomic E-state index is 11.6. The molecule has 0 unspecified atom stereocenters. The fourth-order valence-electron chi connectivity index (χ4n) is 5.11. The predicted molar refractivity (Wildman–Crippen MR) is 112 cm³/mol. The van der Waals surface area contributed by atoms with E-state index in [9.17, 15) is 18.6 Å². The maximum Gasteiger partial charge on any atom is 0.208 e. The minimum absolute atomic E-state index is 0.0957. The summed E-state index contributed by atoms with van der Waals surface area (Å²) in [4.78, 5) is 2.01. The van der Waals surface area contributed by atoms with E-state index in [1.807, 2.05) is 44.1 Å². The number of hydrogen-bond donors (Lipinski definition) is 3. The Bertz CT molecular complexity index is 803. The fourth-order valence-corrected chi connectivity index (χ4v) is 5.57. The second-order valence-corrected chi connectivity index (χ2v) is 11.0. The Kier molecular flexibility index (Phi) is 6.44. The number of sulfonamides is 1. The van der Waals surface area contributed by atoms with Gasteiger partial charge in [-0.3, -0.25) is 0 Å². The second kappa shape index (κ2) is 8.24. The van der Waals surface area contributed by atoms with Gasteiger partial charge in [-0.15, -0.1) is 0 Å². The largest absolute Gasteiger partial charge is 0.389 e. The van der Waals surface area contributed by atoms with Gasteiger partial charge < -0.3 is 19.8 Å². The first-order chi connectivity index (χ1) is 13.5. The molecular formula is C21H34N2O5S.